The van der Waals surface area contributed by atoms with Crippen molar-refractivity contribution < 1.29 is 14.2 Å². The molecule has 1 aliphatic rings. The van der Waals surface area contributed by atoms with Gasteiger partial charge in [0.25, 0.3) is 0 Å². The fourth-order valence-corrected chi connectivity index (χ4v) is 1.90. The van der Waals surface area contributed by atoms with Crippen molar-refractivity contribution in [1.29, 1.82) is 0 Å². The second kappa shape index (κ2) is 6.50. The lowest BCUT2D eigenvalue weighted by molar-refractivity contribution is 0.0337. The maximum absolute atomic E-state index is 13.8. The van der Waals surface area contributed by atoms with Gasteiger partial charge in [0.1, 0.15) is 12.4 Å². The van der Waals surface area contributed by atoms with Crippen LogP contribution in [0, 0.1) is 17.7 Å². The summed E-state index contributed by atoms with van der Waals surface area (Å²) in [6.45, 7) is 3.49. The van der Waals surface area contributed by atoms with E-state index in [9.17, 15) is 4.39 Å². The van der Waals surface area contributed by atoms with Crippen LogP contribution in [-0.2, 0) is 11.3 Å². The molecule has 1 N–H and O–H groups in total. The van der Waals surface area contributed by atoms with Gasteiger partial charge in [-0.05, 0) is 12.1 Å². The summed E-state index contributed by atoms with van der Waals surface area (Å²) in [6, 6.07) is 4.95. The van der Waals surface area contributed by atoms with E-state index in [4.69, 9.17) is 9.84 Å². The van der Waals surface area contributed by atoms with Gasteiger partial charge in [-0.2, -0.15) is 0 Å². The van der Waals surface area contributed by atoms with Crippen LogP contribution >= 0.6 is 0 Å². The van der Waals surface area contributed by atoms with Crippen molar-refractivity contribution in [3.05, 3.63) is 35.1 Å². The maximum Gasteiger partial charge on any atom is 0.128 e. The minimum Gasteiger partial charge on any atom is -0.384 e. The molecule has 1 aromatic carbocycles. The van der Waals surface area contributed by atoms with E-state index < -0.39 is 0 Å². The summed E-state index contributed by atoms with van der Waals surface area (Å²) in [5, 5.41) is 8.58. The highest BCUT2D eigenvalue weighted by molar-refractivity contribution is 5.37. The largest absolute Gasteiger partial charge is 0.384 e. The second-order valence-electron chi connectivity index (χ2n) is 4.15. The Bertz CT molecular complexity index is 459. The van der Waals surface area contributed by atoms with E-state index in [-0.39, 0.29) is 12.4 Å². The minimum atomic E-state index is -0.244. The molecule has 0 aliphatic carbocycles. The molecule has 0 amide bonds. The Hall–Kier alpha value is -1.41. The minimum absolute atomic E-state index is 0.211. The van der Waals surface area contributed by atoms with Crippen LogP contribution in [0.5, 0.6) is 0 Å². The molecule has 1 fully saturated rings. The number of aliphatic hydroxyl groups excluding tert-OH is 1. The normalized spacial score (nSPS) is 16.1. The third kappa shape index (κ3) is 3.54. The van der Waals surface area contributed by atoms with E-state index in [0.717, 1.165) is 13.1 Å². The van der Waals surface area contributed by atoms with Crippen molar-refractivity contribution in [3.8, 4) is 11.8 Å². The standard InChI is InChI=1S/C14H16FNO2/c15-14-10-12(2-1-7-17)3-4-13(14)11-16-5-8-18-9-6-16/h3-4,10,17H,5-9,11H2. The first-order valence-electron chi connectivity index (χ1n) is 5.98. The molecule has 1 saturated heterocycles. The van der Waals surface area contributed by atoms with Crippen molar-refractivity contribution in [3.63, 3.8) is 0 Å². The average molecular weight is 249 g/mol. The van der Waals surface area contributed by atoms with E-state index in [0.29, 0.717) is 30.9 Å². The Labute approximate surface area is 106 Å². The van der Waals surface area contributed by atoms with Crippen LogP contribution in [0.1, 0.15) is 11.1 Å². The lowest BCUT2D eigenvalue weighted by atomic mass is 10.1. The van der Waals surface area contributed by atoms with Crippen molar-refractivity contribution in [1.82, 2.24) is 4.90 Å². The number of halogens is 1. The topological polar surface area (TPSA) is 32.7 Å². The quantitative estimate of drug-likeness (QED) is 0.794. The number of morpholine rings is 1. The van der Waals surface area contributed by atoms with Gasteiger partial charge in [-0.25, -0.2) is 4.39 Å². The molecule has 0 spiro atoms. The van der Waals surface area contributed by atoms with Crippen LogP contribution in [0.25, 0.3) is 0 Å². The molecule has 1 aromatic rings. The zero-order valence-corrected chi connectivity index (χ0v) is 10.2. The van der Waals surface area contributed by atoms with Gasteiger partial charge in [-0.1, -0.05) is 17.9 Å². The molecular weight excluding hydrogens is 233 g/mol. The second-order valence-corrected chi connectivity index (χ2v) is 4.15. The Morgan fingerprint density at radius 3 is 2.78 bits per heavy atom. The lowest BCUT2D eigenvalue weighted by Gasteiger charge is -2.26. The highest BCUT2D eigenvalue weighted by Gasteiger charge is 2.12. The van der Waals surface area contributed by atoms with Gasteiger partial charge in [0.2, 0.25) is 0 Å². The molecule has 0 radical (unpaired) electrons. The van der Waals surface area contributed by atoms with Crippen LogP contribution < -0.4 is 0 Å². The van der Waals surface area contributed by atoms with Crippen LogP contribution in [0.4, 0.5) is 4.39 Å². The molecule has 1 aliphatic heterocycles. The highest BCUT2D eigenvalue weighted by atomic mass is 19.1. The molecule has 0 unspecified atom stereocenters. The Morgan fingerprint density at radius 1 is 1.33 bits per heavy atom. The summed E-state index contributed by atoms with van der Waals surface area (Å²) in [5.41, 5.74) is 1.26. The average Bonchev–Trinajstić information content (AvgIpc) is 2.40. The number of nitrogens with zero attached hydrogens (tertiary/aromatic N) is 1. The molecule has 0 atom stereocenters. The van der Waals surface area contributed by atoms with Crippen LogP contribution in [0.3, 0.4) is 0 Å². The van der Waals surface area contributed by atoms with Crippen molar-refractivity contribution in [2.24, 2.45) is 0 Å². The monoisotopic (exact) mass is 249 g/mol. The lowest BCUT2D eigenvalue weighted by Crippen LogP contribution is -2.35. The molecule has 2 rings (SSSR count). The van der Waals surface area contributed by atoms with Crippen molar-refractivity contribution in [2.45, 2.75) is 6.54 Å². The predicted molar refractivity (Wildman–Crippen MR) is 66.5 cm³/mol. The van der Waals surface area contributed by atoms with Crippen LogP contribution in [-0.4, -0.2) is 42.9 Å². The summed E-state index contributed by atoms with van der Waals surface area (Å²) in [4.78, 5) is 2.17. The summed E-state index contributed by atoms with van der Waals surface area (Å²) in [5.74, 6) is 4.95. The number of aliphatic hydroxyl groups is 1. The Balaban J connectivity index is 2.04. The molecule has 1 heterocycles. The van der Waals surface area contributed by atoms with Gasteiger partial charge < -0.3 is 9.84 Å². The molecule has 18 heavy (non-hydrogen) atoms. The zero-order chi connectivity index (χ0) is 12.8. The maximum atomic E-state index is 13.8. The first-order valence-corrected chi connectivity index (χ1v) is 5.98. The zero-order valence-electron chi connectivity index (χ0n) is 10.2. The Morgan fingerprint density at radius 2 is 2.11 bits per heavy atom. The fourth-order valence-electron chi connectivity index (χ4n) is 1.90. The number of benzene rings is 1. The molecule has 0 bridgehead atoms. The number of hydrogen-bond acceptors (Lipinski definition) is 3. The summed E-state index contributed by atoms with van der Waals surface area (Å²) in [7, 11) is 0. The van der Waals surface area contributed by atoms with E-state index in [2.05, 4.69) is 16.7 Å². The smallest absolute Gasteiger partial charge is 0.128 e. The summed E-state index contributed by atoms with van der Waals surface area (Å²) < 4.78 is 19.1. The van der Waals surface area contributed by atoms with Gasteiger partial charge in [-0.15, -0.1) is 0 Å². The van der Waals surface area contributed by atoms with Gasteiger partial charge in [0.15, 0.2) is 0 Å². The SMILES string of the molecule is OCC#Cc1ccc(CN2CCOCC2)c(F)c1. The number of hydrogen-bond donors (Lipinski definition) is 1. The van der Waals surface area contributed by atoms with Crippen molar-refractivity contribution >= 4 is 0 Å². The molecule has 0 aromatic heterocycles. The van der Waals surface area contributed by atoms with Gasteiger partial charge in [0.05, 0.1) is 13.2 Å². The summed E-state index contributed by atoms with van der Waals surface area (Å²) in [6.07, 6.45) is 0. The van der Waals surface area contributed by atoms with E-state index in [1.165, 1.54) is 6.07 Å². The van der Waals surface area contributed by atoms with E-state index in [1.54, 1.807) is 12.1 Å². The molecular formula is C14H16FNO2. The number of ether oxygens (including phenoxy) is 1. The first kappa shape index (κ1) is 13.0. The third-order valence-corrected chi connectivity index (χ3v) is 2.86. The van der Waals surface area contributed by atoms with E-state index in [1.807, 2.05) is 0 Å². The molecule has 3 nitrogen and oxygen atoms in total. The van der Waals surface area contributed by atoms with Gasteiger partial charge >= 0.3 is 0 Å². The van der Waals surface area contributed by atoms with E-state index >= 15 is 0 Å². The summed E-state index contributed by atoms with van der Waals surface area (Å²) >= 11 is 0. The van der Waals surface area contributed by atoms with Crippen LogP contribution in [0.15, 0.2) is 18.2 Å². The first-order chi connectivity index (χ1) is 8.79. The molecule has 96 valence electrons. The van der Waals surface area contributed by atoms with Crippen molar-refractivity contribution in [2.75, 3.05) is 32.9 Å². The van der Waals surface area contributed by atoms with Crippen LogP contribution in [0.2, 0.25) is 0 Å². The molecule has 0 saturated carbocycles. The Kier molecular flexibility index (Phi) is 4.71. The third-order valence-electron chi connectivity index (χ3n) is 2.86. The predicted octanol–water partition coefficient (Wildman–Crippen LogP) is 1.00. The highest BCUT2D eigenvalue weighted by Crippen LogP contribution is 2.13. The number of rotatable bonds is 2. The fraction of sp³-hybridized carbons (Fsp3) is 0.429. The van der Waals surface area contributed by atoms with Gasteiger partial charge in [0, 0.05) is 30.8 Å². The molecule has 4 heteroatoms. The van der Waals surface area contributed by atoms with Gasteiger partial charge in [-0.3, -0.25) is 4.90 Å².